The molecule has 2 atom stereocenters. The number of likely N-dealkylation sites (tertiary alicyclic amines) is 1. The molecule has 2 N–H and O–H groups in total. The molecular weight excluding hydrogens is 260 g/mol. The summed E-state index contributed by atoms with van der Waals surface area (Å²) in [5.41, 5.74) is 6.75. The molecule has 0 spiro atoms. The molecule has 0 aromatic heterocycles. The molecule has 116 valence electrons. The second kappa shape index (κ2) is 7.28. The summed E-state index contributed by atoms with van der Waals surface area (Å²) in [7, 11) is 0. The van der Waals surface area contributed by atoms with Gasteiger partial charge in [-0.25, -0.2) is 0 Å². The predicted octanol–water partition coefficient (Wildman–Crippen LogP) is 3.18. The van der Waals surface area contributed by atoms with Gasteiger partial charge < -0.3 is 10.5 Å². The highest BCUT2D eigenvalue weighted by Crippen LogP contribution is 2.35. The van der Waals surface area contributed by atoms with Crippen molar-refractivity contribution >= 4 is 0 Å². The number of hydrogen-bond acceptors (Lipinski definition) is 3. The van der Waals surface area contributed by atoms with Crippen LogP contribution in [0, 0.1) is 5.92 Å². The number of fused-ring (bicyclic) bond motifs is 1. The van der Waals surface area contributed by atoms with Gasteiger partial charge in [0, 0.05) is 19.1 Å². The molecule has 1 saturated heterocycles. The second-order valence-corrected chi connectivity index (χ2v) is 6.49. The van der Waals surface area contributed by atoms with Crippen LogP contribution in [-0.2, 0) is 6.54 Å². The molecule has 2 aliphatic rings. The molecular formula is C18H28N2O. The van der Waals surface area contributed by atoms with Gasteiger partial charge in [-0.05, 0) is 55.8 Å². The maximum atomic E-state index is 5.83. The third-order valence-electron chi connectivity index (χ3n) is 5.14. The molecule has 3 nitrogen and oxygen atoms in total. The van der Waals surface area contributed by atoms with E-state index in [1.807, 2.05) is 24.3 Å². The average Bonchev–Trinajstić information content (AvgIpc) is 2.95. The van der Waals surface area contributed by atoms with Gasteiger partial charge in [0.25, 0.3) is 0 Å². The number of ether oxygens (including phenoxy) is 1. The Morgan fingerprint density at radius 2 is 1.90 bits per heavy atom. The van der Waals surface area contributed by atoms with Gasteiger partial charge in [0.05, 0.1) is 6.61 Å². The van der Waals surface area contributed by atoms with Crippen LogP contribution < -0.4 is 10.5 Å². The van der Waals surface area contributed by atoms with Crippen LogP contribution >= 0.6 is 0 Å². The first-order valence-electron chi connectivity index (χ1n) is 8.52. The summed E-state index contributed by atoms with van der Waals surface area (Å²) in [5, 5.41) is 0. The molecule has 21 heavy (non-hydrogen) atoms. The molecule has 1 saturated carbocycles. The van der Waals surface area contributed by atoms with Crippen LogP contribution in [0.3, 0.4) is 0 Å². The van der Waals surface area contributed by atoms with Crippen LogP contribution in [0.2, 0.25) is 0 Å². The van der Waals surface area contributed by atoms with E-state index in [-0.39, 0.29) is 0 Å². The molecule has 0 bridgehead atoms. The minimum atomic E-state index is 0.595. The summed E-state index contributed by atoms with van der Waals surface area (Å²) in [6.07, 6.45) is 8.32. The fourth-order valence-electron chi connectivity index (χ4n) is 3.96. The summed E-state index contributed by atoms with van der Waals surface area (Å²) < 4.78 is 5.83. The second-order valence-electron chi connectivity index (χ2n) is 6.49. The lowest BCUT2D eigenvalue weighted by Gasteiger charge is -2.31. The van der Waals surface area contributed by atoms with Crippen molar-refractivity contribution in [3.63, 3.8) is 0 Å². The van der Waals surface area contributed by atoms with Gasteiger partial charge in [-0.3, -0.25) is 4.90 Å². The van der Waals surface area contributed by atoms with Gasteiger partial charge in [0.2, 0.25) is 0 Å². The van der Waals surface area contributed by atoms with Crippen molar-refractivity contribution in [3.05, 3.63) is 29.8 Å². The van der Waals surface area contributed by atoms with Crippen molar-refractivity contribution in [3.8, 4) is 5.75 Å². The molecule has 3 heteroatoms. The lowest BCUT2D eigenvalue weighted by Crippen LogP contribution is -2.35. The van der Waals surface area contributed by atoms with Crippen molar-refractivity contribution in [2.75, 3.05) is 19.7 Å². The normalized spacial score (nSPS) is 25.8. The van der Waals surface area contributed by atoms with Gasteiger partial charge in [-0.15, -0.1) is 0 Å². The molecule has 1 aliphatic heterocycles. The van der Waals surface area contributed by atoms with Crippen molar-refractivity contribution in [2.24, 2.45) is 11.7 Å². The molecule has 2 unspecified atom stereocenters. The summed E-state index contributed by atoms with van der Waals surface area (Å²) in [6.45, 7) is 3.91. The highest BCUT2D eigenvalue weighted by atomic mass is 16.5. The lowest BCUT2D eigenvalue weighted by molar-refractivity contribution is 0.170. The first-order chi connectivity index (χ1) is 10.4. The summed E-state index contributed by atoms with van der Waals surface area (Å²) in [4.78, 5) is 2.71. The zero-order valence-electron chi connectivity index (χ0n) is 13.0. The Morgan fingerprint density at radius 1 is 1.10 bits per heavy atom. The highest BCUT2D eigenvalue weighted by molar-refractivity contribution is 5.27. The Hall–Kier alpha value is -1.06. The van der Waals surface area contributed by atoms with Gasteiger partial charge in [-0.1, -0.05) is 25.0 Å². The van der Waals surface area contributed by atoms with Crippen LogP contribution in [0.4, 0.5) is 0 Å². The van der Waals surface area contributed by atoms with E-state index >= 15 is 0 Å². The SMILES string of the molecule is NCc1ccc(OCCCN2CCC3CCCCC32)cc1. The molecule has 1 aromatic rings. The topological polar surface area (TPSA) is 38.5 Å². The highest BCUT2D eigenvalue weighted by Gasteiger charge is 2.34. The number of nitrogens with zero attached hydrogens (tertiary/aromatic N) is 1. The molecule has 0 amide bonds. The van der Waals surface area contributed by atoms with E-state index in [0.29, 0.717) is 6.54 Å². The maximum absolute atomic E-state index is 5.83. The maximum Gasteiger partial charge on any atom is 0.119 e. The Labute approximate surface area is 128 Å². The van der Waals surface area contributed by atoms with Gasteiger partial charge in [0.1, 0.15) is 5.75 Å². The van der Waals surface area contributed by atoms with Crippen molar-refractivity contribution in [2.45, 2.75) is 51.1 Å². The zero-order chi connectivity index (χ0) is 14.5. The monoisotopic (exact) mass is 288 g/mol. The zero-order valence-corrected chi connectivity index (χ0v) is 13.0. The van der Waals surface area contributed by atoms with E-state index in [0.717, 1.165) is 36.3 Å². The Kier molecular flexibility index (Phi) is 5.15. The minimum Gasteiger partial charge on any atom is -0.494 e. The molecule has 1 heterocycles. The lowest BCUT2D eigenvalue weighted by atomic mass is 9.85. The molecule has 1 aliphatic carbocycles. The summed E-state index contributed by atoms with van der Waals surface area (Å²) in [5.74, 6) is 1.95. The molecule has 0 radical (unpaired) electrons. The van der Waals surface area contributed by atoms with Crippen molar-refractivity contribution in [1.29, 1.82) is 0 Å². The third-order valence-corrected chi connectivity index (χ3v) is 5.14. The first-order valence-corrected chi connectivity index (χ1v) is 8.52. The Bertz CT molecular complexity index is 431. The number of nitrogens with two attached hydrogens (primary N) is 1. The first kappa shape index (κ1) is 14.9. The smallest absolute Gasteiger partial charge is 0.119 e. The third kappa shape index (κ3) is 3.78. The van der Waals surface area contributed by atoms with E-state index in [4.69, 9.17) is 10.5 Å². The molecule has 3 rings (SSSR count). The summed E-state index contributed by atoms with van der Waals surface area (Å²) in [6, 6.07) is 9.01. The van der Waals surface area contributed by atoms with Crippen LogP contribution in [0.15, 0.2) is 24.3 Å². The van der Waals surface area contributed by atoms with E-state index in [1.54, 1.807) is 0 Å². The summed E-state index contributed by atoms with van der Waals surface area (Å²) >= 11 is 0. The predicted molar refractivity (Wildman–Crippen MR) is 86.4 cm³/mol. The number of rotatable bonds is 6. The van der Waals surface area contributed by atoms with Crippen molar-refractivity contribution in [1.82, 2.24) is 4.90 Å². The fourth-order valence-corrected chi connectivity index (χ4v) is 3.96. The Morgan fingerprint density at radius 3 is 2.71 bits per heavy atom. The van der Waals surface area contributed by atoms with Gasteiger partial charge in [-0.2, -0.15) is 0 Å². The van der Waals surface area contributed by atoms with E-state index in [9.17, 15) is 0 Å². The van der Waals surface area contributed by atoms with E-state index in [1.165, 1.54) is 45.2 Å². The van der Waals surface area contributed by atoms with Crippen LogP contribution in [0.1, 0.15) is 44.1 Å². The number of hydrogen-bond donors (Lipinski definition) is 1. The number of benzene rings is 1. The molecule has 2 fully saturated rings. The fraction of sp³-hybridized carbons (Fsp3) is 0.667. The van der Waals surface area contributed by atoms with E-state index < -0.39 is 0 Å². The van der Waals surface area contributed by atoms with E-state index in [2.05, 4.69) is 4.90 Å². The molecule has 1 aromatic carbocycles. The Balaban J connectivity index is 1.38. The quantitative estimate of drug-likeness (QED) is 0.817. The van der Waals surface area contributed by atoms with Crippen molar-refractivity contribution < 1.29 is 4.74 Å². The largest absolute Gasteiger partial charge is 0.494 e. The average molecular weight is 288 g/mol. The van der Waals surface area contributed by atoms with Gasteiger partial charge >= 0.3 is 0 Å². The standard InChI is InChI=1S/C18H28N2O/c19-14-15-6-8-17(9-7-15)21-13-3-11-20-12-10-16-4-1-2-5-18(16)20/h6-9,16,18H,1-5,10-14,19H2. The van der Waals surface area contributed by atoms with Crippen LogP contribution in [-0.4, -0.2) is 30.6 Å². The van der Waals surface area contributed by atoms with Crippen LogP contribution in [0.25, 0.3) is 0 Å². The van der Waals surface area contributed by atoms with Gasteiger partial charge in [0.15, 0.2) is 0 Å². The van der Waals surface area contributed by atoms with Crippen LogP contribution in [0.5, 0.6) is 5.75 Å². The minimum absolute atomic E-state index is 0.595.